The van der Waals surface area contributed by atoms with Gasteiger partial charge in [-0.25, -0.2) is 17.5 Å². The van der Waals surface area contributed by atoms with Gasteiger partial charge in [-0.15, -0.1) is 0 Å². The summed E-state index contributed by atoms with van der Waals surface area (Å²) in [4.78, 5) is 25.0. The number of aryl methyl sites for hydroxylation is 2. The first-order valence-corrected chi connectivity index (χ1v) is 10.4. The Hall–Kier alpha value is -3.33. The zero-order valence-electron chi connectivity index (χ0n) is 15.9. The Morgan fingerprint density at radius 1 is 1.10 bits per heavy atom. The molecule has 7 nitrogen and oxygen atoms in total. The van der Waals surface area contributed by atoms with Crippen LogP contribution in [0.2, 0.25) is 0 Å². The average molecular weight is 415 g/mol. The second kappa shape index (κ2) is 7.59. The largest absolute Gasteiger partial charge is 0.320 e. The van der Waals surface area contributed by atoms with E-state index in [1.165, 1.54) is 41.1 Å². The van der Waals surface area contributed by atoms with Crippen LogP contribution in [-0.4, -0.2) is 30.4 Å². The molecular weight excluding hydrogens is 397 g/mol. The summed E-state index contributed by atoms with van der Waals surface area (Å²) in [5.74, 6) is -1.39. The lowest BCUT2D eigenvalue weighted by Gasteiger charge is -2.13. The highest BCUT2D eigenvalue weighted by molar-refractivity contribution is 7.90. The molecule has 9 heteroatoms. The number of carbonyl (C=O) groups excluding carboxylic acids is 1. The zero-order valence-corrected chi connectivity index (χ0v) is 16.7. The van der Waals surface area contributed by atoms with E-state index in [4.69, 9.17) is 0 Å². The molecule has 0 fully saturated rings. The van der Waals surface area contributed by atoms with Crippen LogP contribution in [0.25, 0.3) is 5.69 Å². The maximum absolute atomic E-state index is 14.1. The van der Waals surface area contributed by atoms with E-state index in [0.29, 0.717) is 11.3 Å². The van der Waals surface area contributed by atoms with Crippen molar-refractivity contribution >= 4 is 21.4 Å². The van der Waals surface area contributed by atoms with Gasteiger partial charge >= 0.3 is 0 Å². The number of rotatable bonds is 4. The number of nitrogens with one attached hydrogen (secondary N) is 1. The van der Waals surface area contributed by atoms with E-state index in [2.05, 4.69) is 10.4 Å². The van der Waals surface area contributed by atoms with Crippen molar-refractivity contribution < 1.29 is 17.6 Å². The summed E-state index contributed by atoms with van der Waals surface area (Å²) in [6.45, 7) is 3.25. The fourth-order valence-corrected chi connectivity index (χ4v) is 3.37. The van der Waals surface area contributed by atoms with Crippen LogP contribution < -0.4 is 10.7 Å². The van der Waals surface area contributed by atoms with Crippen molar-refractivity contribution in [3.8, 4) is 5.69 Å². The standard InChI is InChI=1S/C20H18FN3O4S/c1-12-8-9-14(29(3,27)28)11-16(12)22-20(26)19-18(25)10-13(2)24(23-19)17-7-5-4-6-15(17)21/h4-11H,1-3H3,(H,22,26). The van der Waals surface area contributed by atoms with Crippen LogP contribution in [0.15, 0.2) is 58.2 Å². The normalized spacial score (nSPS) is 11.3. The van der Waals surface area contributed by atoms with Gasteiger partial charge in [-0.05, 0) is 43.7 Å². The number of para-hydroxylation sites is 1. The van der Waals surface area contributed by atoms with Gasteiger partial charge in [0.15, 0.2) is 15.5 Å². The molecule has 29 heavy (non-hydrogen) atoms. The highest BCUT2D eigenvalue weighted by Crippen LogP contribution is 2.21. The second-order valence-corrected chi connectivity index (χ2v) is 8.58. The third-order valence-electron chi connectivity index (χ3n) is 4.29. The molecule has 150 valence electrons. The van der Waals surface area contributed by atoms with Gasteiger partial charge in [0.05, 0.1) is 4.90 Å². The van der Waals surface area contributed by atoms with Gasteiger partial charge < -0.3 is 5.32 Å². The highest BCUT2D eigenvalue weighted by Gasteiger charge is 2.18. The number of sulfone groups is 1. The number of amides is 1. The number of aromatic nitrogens is 2. The summed E-state index contributed by atoms with van der Waals surface area (Å²) in [6, 6.07) is 11.3. The number of anilines is 1. The molecular formula is C20H18FN3O4S. The summed E-state index contributed by atoms with van der Waals surface area (Å²) in [5.41, 5.74) is 0.207. The van der Waals surface area contributed by atoms with E-state index in [-0.39, 0.29) is 16.3 Å². The van der Waals surface area contributed by atoms with Gasteiger partial charge in [0.25, 0.3) is 5.91 Å². The monoisotopic (exact) mass is 415 g/mol. The molecule has 1 aromatic heterocycles. The van der Waals surface area contributed by atoms with Gasteiger partial charge in [-0.2, -0.15) is 5.10 Å². The van der Waals surface area contributed by atoms with E-state index in [1.807, 2.05) is 0 Å². The molecule has 0 spiro atoms. The minimum Gasteiger partial charge on any atom is -0.320 e. The molecule has 1 amide bonds. The van der Waals surface area contributed by atoms with E-state index in [0.717, 1.165) is 6.26 Å². The fourth-order valence-electron chi connectivity index (χ4n) is 2.72. The van der Waals surface area contributed by atoms with Gasteiger partial charge in [-0.3, -0.25) is 9.59 Å². The second-order valence-electron chi connectivity index (χ2n) is 6.56. The molecule has 2 aromatic carbocycles. The molecule has 1 heterocycles. The molecule has 0 radical (unpaired) electrons. The number of benzene rings is 2. The first-order valence-electron chi connectivity index (χ1n) is 8.56. The average Bonchev–Trinajstić information content (AvgIpc) is 2.63. The van der Waals surface area contributed by atoms with Gasteiger partial charge in [0.1, 0.15) is 11.5 Å². The van der Waals surface area contributed by atoms with Crippen molar-refractivity contribution in [3.05, 3.63) is 81.5 Å². The van der Waals surface area contributed by atoms with Crippen LogP contribution in [0.1, 0.15) is 21.7 Å². The summed E-state index contributed by atoms with van der Waals surface area (Å²) in [6.07, 6.45) is 1.05. The Balaban J connectivity index is 2.04. The number of nitrogens with zero attached hydrogens (tertiary/aromatic N) is 2. The molecule has 3 rings (SSSR count). The quantitative estimate of drug-likeness (QED) is 0.706. The van der Waals surface area contributed by atoms with Crippen LogP contribution in [0.4, 0.5) is 10.1 Å². The smallest absolute Gasteiger partial charge is 0.280 e. The predicted octanol–water partition coefficient (Wildman–Crippen LogP) is 2.64. The van der Waals surface area contributed by atoms with Crippen molar-refractivity contribution in [1.82, 2.24) is 9.78 Å². The summed E-state index contributed by atoms with van der Waals surface area (Å²) in [5, 5.41) is 6.55. The van der Waals surface area contributed by atoms with E-state index in [9.17, 15) is 22.4 Å². The third-order valence-corrected chi connectivity index (χ3v) is 5.40. The molecule has 0 unspecified atom stereocenters. The van der Waals surface area contributed by atoms with Crippen molar-refractivity contribution in [2.24, 2.45) is 0 Å². The van der Waals surface area contributed by atoms with E-state index < -0.39 is 32.7 Å². The first kappa shape index (κ1) is 20.4. The molecule has 0 saturated heterocycles. The fraction of sp³-hybridized carbons (Fsp3) is 0.150. The van der Waals surface area contributed by atoms with Crippen LogP contribution in [0.3, 0.4) is 0 Å². The third kappa shape index (κ3) is 4.24. The van der Waals surface area contributed by atoms with E-state index >= 15 is 0 Å². The van der Waals surface area contributed by atoms with Crippen LogP contribution in [-0.2, 0) is 9.84 Å². The Labute approximate surface area is 166 Å². The van der Waals surface area contributed by atoms with E-state index in [1.54, 1.807) is 26.0 Å². The summed E-state index contributed by atoms with van der Waals surface area (Å²) < 4.78 is 38.8. The maximum Gasteiger partial charge on any atom is 0.280 e. The first-order chi connectivity index (χ1) is 13.6. The molecule has 0 aliphatic rings. The van der Waals surface area contributed by atoms with Crippen molar-refractivity contribution in [2.75, 3.05) is 11.6 Å². The lowest BCUT2D eigenvalue weighted by Crippen LogP contribution is -2.27. The molecule has 0 atom stereocenters. The Morgan fingerprint density at radius 3 is 2.45 bits per heavy atom. The van der Waals surface area contributed by atoms with Gasteiger partial charge in [-0.1, -0.05) is 18.2 Å². The molecule has 0 aliphatic heterocycles. The van der Waals surface area contributed by atoms with Crippen LogP contribution in [0, 0.1) is 19.7 Å². The van der Waals surface area contributed by atoms with Gasteiger partial charge in [0.2, 0.25) is 5.43 Å². The minimum absolute atomic E-state index is 0.0269. The summed E-state index contributed by atoms with van der Waals surface area (Å²) >= 11 is 0. The van der Waals surface area contributed by atoms with Crippen LogP contribution in [0.5, 0.6) is 0 Å². The molecule has 0 bridgehead atoms. The SMILES string of the molecule is Cc1ccc(S(C)(=O)=O)cc1NC(=O)c1nn(-c2ccccc2F)c(C)cc1=O. The molecule has 1 N–H and O–H groups in total. The Bertz CT molecular complexity index is 1280. The number of halogens is 1. The summed E-state index contributed by atoms with van der Waals surface area (Å²) in [7, 11) is -3.48. The van der Waals surface area contributed by atoms with Crippen molar-refractivity contribution in [3.63, 3.8) is 0 Å². The molecule has 3 aromatic rings. The Kier molecular flexibility index (Phi) is 5.34. The molecule has 0 aliphatic carbocycles. The number of hydrogen-bond acceptors (Lipinski definition) is 5. The number of hydrogen-bond donors (Lipinski definition) is 1. The lowest BCUT2D eigenvalue weighted by atomic mass is 10.2. The minimum atomic E-state index is -3.48. The highest BCUT2D eigenvalue weighted by atomic mass is 32.2. The topological polar surface area (TPSA) is 98.1 Å². The van der Waals surface area contributed by atoms with Crippen LogP contribution >= 0.6 is 0 Å². The van der Waals surface area contributed by atoms with Gasteiger partial charge in [0, 0.05) is 23.7 Å². The predicted molar refractivity (Wildman–Crippen MR) is 107 cm³/mol. The van der Waals surface area contributed by atoms with Crippen molar-refractivity contribution in [2.45, 2.75) is 18.7 Å². The zero-order chi connectivity index (χ0) is 21.3. The molecule has 0 saturated carbocycles. The lowest BCUT2D eigenvalue weighted by molar-refractivity contribution is 0.101. The number of carbonyl (C=O) groups is 1. The van der Waals surface area contributed by atoms with Crippen molar-refractivity contribution in [1.29, 1.82) is 0 Å². The Morgan fingerprint density at radius 2 is 1.79 bits per heavy atom. The maximum atomic E-state index is 14.1.